The van der Waals surface area contributed by atoms with Crippen LogP contribution in [0, 0.1) is 5.92 Å². The van der Waals surface area contributed by atoms with E-state index in [0.717, 1.165) is 31.3 Å². The summed E-state index contributed by atoms with van der Waals surface area (Å²) in [6.45, 7) is 7.47. The number of halogens is 2. The zero-order chi connectivity index (χ0) is 24.8. The number of rotatable bonds is 9. The molecule has 0 radical (unpaired) electrons. The third-order valence-corrected chi connectivity index (χ3v) is 6.71. The Hall–Kier alpha value is -2.87. The van der Waals surface area contributed by atoms with Crippen LogP contribution in [0.3, 0.4) is 0 Å². The van der Waals surface area contributed by atoms with Crippen molar-refractivity contribution in [1.82, 2.24) is 15.2 Å². The number of ketones is 1. The van der Waals surface area contributed by atoms with Crippen molar-refractivity contribution >= 4 is 53.1 Å². The van der Waals surface area contributed by atoms with E-state index in [1.165, 1.54) is 0 Å². The summed E-state index contributed by atoms with van der Waals surface area (Å²) in [5, 5.41) is 7.17. The van der Waals surface area contributed by atoms with Crippen LogP contribution < -0.4 is 15.4 Å². The van der Waals surface area contributed by atoms with Crippen LogP contribution in [-0.2, 0) is 4.79 Å². The number of para-hydroxylation sites is 1. The summed E-state index contributed by atoms with van der Waals surface area (Å²) in [5.41, 5.74) is 2.27. The first-order chi connectivity index (χ1) is 16.9. The molecular formula is C28H36Cl2N4O3. The standard InChI is InChI=1S/C28H34N4O3.2ClH/c1-19(2)32-14-12-20(13-15-32)17-30-27(33)18-29-25-16-26(31-24-7-5-4-6-23(24)25)28(34)21-8-10-22(35-3)11-9-21;;/h4-11,16,19-20H,12-15,17-18H2,1-3H3,(H,29,31)(H,30,33);2*1H. The van der Waals surface area contributed by atoms with Crippen LogP contribution in [0.25, 0.3) is 10.9 Å². The molecule has 3 aromatic rings. The van der Waals surface area contributed by atoms with Crippen molar-refractivity contribution in [3.63, 3.8) is 0 Å². The highest BCUT2D eigenvalue weighted by Crippen LogP contribution is 2.25. The van der Waals surface area contributed by atoms with Gasteiger partial charge >= 0.3 is 0 Å². The number of piperidine rings is 1. The molecule has 0 bridgehead atoms. The number of benzene rings is 2. The zero-order valence-electron chi connectivity index (χ0n) is 21.5. The monoisotopic (exact) mass is 546 g/mol. The number of nitrogens with one attached hydrogen (secondary N) is 2. The zero-order valence-corrected chi connectivity index (χ0v) is 23.2. The van der Waals surface area contributed by atoms with Gasteiger partial charge in [0.15, 0.2) is 0 Å². The van der Waals surface area contributed by atoms with Crippen LogP contribution in [0.1, 0.15) is 42.7 Å². The maximum absolute atomic E-state index is 13.1. The van der Waals surface area contributed by atoms with E-state index in [1.807, 2.05) is 24.3 Å². The van der Waals surface area contributed by atoms with Crippen molar-refractivity contribution < 1.29 is 14.3 Å². The number of anilines is 1. The number of nitrogens with zero attached hydrogens (tertiary/aromatic N) is 2. The van der Waals surface area contributed by atoms with Gasteiger partial charge in [0.05, 0.1) is 19.2 Å². The number of ether oxygens (including phenoxy) is 1. The van der Waals surface area contributed by atoms with Crippen LogP contribution in [0.5, 0.6) is 5.75 Å². The predicted octanol–water partition coefficient (Wildman–Crippen LogP) is 4.97. The summed E-state index contributed by atoms with van der Waals surface area (Å²) < 4.78 is 5.18. The molecule has 0 aliphatic carbocycles. The molecular weight excluding hydrogens is 511 g/mol. The second-order valence-corrected chi connectivity index (χ2v) is 9.36. The van der Waals surface area contributed by atoms with Gasteiger partial charge in [-0.05, 0) is 82.1 Å². The highest BCUT2D eigenvalue weighted by Gasteiger charge is 2.21. The smallest absolute Gasteiger partial charge is 0.239 e. The lowest BCUT2D eigenvalue weighted by Crippen LogP contribution is -2.42. The first-order valence-electron chi connectivity index (χ1n) is 12.3. The van der Waals surface area contributed by atoms with Gasteiger partial charge in [-0.2, -0.15) is 0 Å². The average Bonchev–Trinajstić information content (AvgIpc) is 2.90. The van der Waals surface area contributed by atoms with E-state index < -0.39 is 0 Å². The van der Waals surface area contributed by atoms with Gasteiger partial charge in [0.25, 0.3) is 0 Å². The molecule has 37 heavy (non-hydrogen) atoms. The number of carbonyl (C=O) groups is 2. The molecule has 0 saturated carbocycles. The molecule has 0 spiro atoms. The minimum Gasteiger partial charge on any atom is -0.497 e. The van der Waals surface area contributed by atoms with E-state index in [2.05, 4.69) is 34.4 Å². The lowest BCUT2D eigenvalue weighted by atomic mass is 9.96. The van der Waals surface area contributed by atoms with E-state index in [9.17, 15) is 9.59 Å². The number of hydrogen-bond donors (Lipinski definition) is 2. The third-order valence-electron chi connectivity index (χ3n) is 6.71. The summed E-state index contributed by atoms with van der Waals surface area (Å²) in [7, 11) is 1.59. The predicted molar refractivity (Wildman–Crippen MR) is 154 cm³/mol. The Morgan fingerprint density at radius 2 is 1.73 bits per heavy atom. The second kappa shape index (κ2) is 14.2. The maximum atomic E-state index is 13.1. The lowest BCUT2D eigenvalue weighted by molar-refractivity contribution is -0.119. The SMILES string of the molecule is COc1ccc(C(=O)c2cc(NCC(=O)NCC3CCN(C(C)C)CC3)c3ccccc3n2)cc1.Cl.Cl. The first kappa shape index (κ1) is 30.4. The Morgan fingerprint density at radius 1 is 1.05 bits per heavy atom. The van der Waals surface area contributed by atoms with Crippen molar-refractivity contribution in [2.45, 2.75) is 32.7 Å². The van der Waals surface area contributed by atoms with Crippen LogP contribution in [0.2, 0.25) is 0 Å². The van der Waals surface area contributed by atoms with E-state index in [0.29, 0.717) is 46.7 Å². The average molecular weight is 548 g/mol. The molecule has 200 valence electrons. The quantitative estimate of drug-likeness (QED) is 0.369. The molecule has 9 heteroatoms. The highest BCUT2D eigenvalue weighted by atomic mass is 35.5. The number of aromatic nitrogens is 1. The lowest BCUT2D eigenvalue weighted by Gasteiger charge is -2.34. The largest absolute Gasteiger partial charge is 0.497 e. The summed E-state index contributed by atoms with van der Waals surface area (Å²) in [5.74, 6) is 0.968. The maximum Gasteiger partial charge on any atom is 0.239 e. The molecule has 7 nitrogen and oxygen atoms in total. The molecule has 1 fully saturated rings. The van der Waals surface area contributed by atoms with Gasteiger partial charge < -0.3 is 20.3 Å². The minimum atomic E-state index is -0.182. The number of likely N-dealkylation sites (tertiary alicyclic amines) is 1. The Bertz CT molecular complexity index is 1180. The molecule has 1 saturated heterocycles. The van der Waals surface area contributed by atoms with Gasteiger partial charge in [-0.25, -0.2) is 4.98 Å². The van der Waals surface area contributed by atoms with Crippen LogP contribution >= 0.6 is 24.8 Å². The molecule has 4 rings (SSSR count). The Labute approximate surface area is 231 Å². The van der Waals surface area contributed by atoms with Crippen molar-refractivity contribution in [2.24, 2.45) is 5.92 Å². The Balaban J connectivity index is 0.00000241. The number of fused-ring (bicyclic) bond motifs is 1. The van der Waals surface area contributed by atoms with Crippen LogP contribution in [0.15, 0.2) is 54.6 Å². The second-order valence-electron chi connectivity index (χ2n) is 9.36. The summed E-state index contributed by atoms with van der Waals surface area (Å²) in [6, 6.07) is 16.9. The van der Waals surface area contributed by atoms with Gasteiger partial charge in [0, 0.05) is 29.2 Å². The summed E-state index contributed by atoms with van der Waals surface area (Å²) in [4.78, 5) is 32.8. The van der Waals surface area contributed by atoms with E-state index in [1.54, 1.807) is 37.4 Å². The first-order valence-corrected chi connectivity index (χ1v) is 12.3. The minimum absolute atomic E-state index is 0. The van der Waals surface area contributed by atoms with Crippen LogP contribution in [0.4, 0.5) is 5.69 Å². The molecule has 2 aromatic carbocycles. The fourth-order valence-electron chi connectivity index (χ4n) is 4.50. The van der Waals surface area contributed by atoms with Gasteiger partial charge in [-0.15, -0.1) is 24.8 Å². The molecule has 1 aliphatic heterocycles. The third kappa shape index (κ3) is 7.81. The summed E-state index contributed by atoms with van der Waals surface area (Å²) >= 11 is 0. The number of hydrogen-bond acceptors (Lipinski definition) is 6. The van der Waals surface area contributed by atoms with Crippen molar-refractivity contribution in [2.75, 3.05) is 38.6 Å². The van der Waals surface area contributed by atoms with Gasteiger partial charge in [-0.1, -0.05) is 18.2 Å². The summed E-state index contributed by atoms with van der Waals surface area (Å²) in [6.07, 6.45) is 2.22. The van der Waals surface area contributed by atoms with E-state index in [4.69, 9.17) is 4.74 Å². The number of amides is 1. The number of pyridine rings is 1. The molecule has 1 aliphatic rings. The topological polar surface area (TPSA) is 83.6 Å². The molecule has 0 unspecified atom stereocenters. The highest BCUT2D eigenvalue weighted by molar-refractivity contribution is 6.10. The molecule has 2 heterocycles. The molecule has 1 amide bonds. The molecule has 0 atom stereocenters. The van der Waals surface area contributed by atoms with E-state index in [-0.39, 0.29) is 43.0 Å². The van der Waals surface area contributed by atoms with Gasteiger partial charge in [0.1, 0.15) is 11.4 Å². The van der Waals surface area contributed by atoms with Gasteiger partial charge in [0.2, 0.25) is 11.7 Å². The normalized spacial score (nSPS) is 13.9. The van der Waals surface area contributed by atoms with E-state index >= 15 is 0 Å². The molecule has 1 aromatic heterocycles. The number of carbonyl (C=O) groups excluding carboxylic acids is 2. The number of methoxy groups -OCH3 is 1. The van der Waals surface area contributed by atoms with Crippen molar-refractivity contribution in [3.05, 3.63) is 65.9 Å². The molecule has 2 N–H and O–H groups in total. The fraction of sp³-hybridized carbons (Fsp3) is 0.393. The van der Waals surface area contributed by atoms with Crippen molar-refractivity contribution in [3.8, 4) is 5.75 Å². The van der Waals surface area contributed by atoms with Gasteiger partial charge in [-0.3, -0.25) is 9.59 Å². The fourth-order valence-corrected chi connectivity index (χ4v) is 4.50. The Kier molecular flexibility index (Phi) is 11.6. The van der Waals surface area contributed by atoms with Crippen LogP contribution in [-0.4, -0.2) is 60.9 Å². The Morgan fingerprint density at radius 3 is 2.38 bits per heavy atom. The van der Waals surface area contributed by atoms with Crippen molar-refractivity contribution in [1.29, 1.82) is 0 Å².